The van der Waals surface area contributed by atoms with Crippen LogP contribution in [0.2, 0.25) is 0 Å². The third-order valence-electron chi connectivity index (χ3n) is 5.01. The van der Waals surface area contributed by atoms with Crippen molar-refractivity contribution in [1.82, 2.24) is 4.90 Å². The highest BCUT2D eigenvalue weighted by Gasteiger charge is 2.39. The van der Waals surface area contributed by atoms with Crippen molar-refractivity contribution in [3.8, 4) is 17.6 Å². The van der Waals surface area contributed by atoms with Gasteiger partial charge in [0.15, 0.2) is 18.1 Å². The molecular weight excluding hydrogens is 336 g/mol. The van der Waals surface area contributed by atoms with E-state index in [9.17, 15) is 14.9 Å². The van der Waals surface area contributed by atoms with E-state index in [2.05, 4.69) is 6.07 Å². The summed E-state index contributed by atoms with van der Waals surface area (Å²) in [5, 5.41) is 9.55. The van der Waals surface area contributed by atoms with Crippen molar-refractivity contribution < 1.29 is 23.8 Å². The van der Waals surface area contributed by atoms with Gasteiger partial charge in [0, 0.05) is 7.05 Å². The molecule has 1 heterocycles. The number of fused-ring (bicyclic) bond motifs is 1. The maximum absolute atomic E-state index is 12.4. The van der Waals surface area contributed by atoms with Crippen LogP contribution in [-0.2, 0) is 9.53 Å². The van der Waals surface area contributed by atoms with E-state index in [1.165, 1.54) is 4.90 Å². The number of ether oxygens (including phenoxy) is 3. The van der Waals surface area contributed by atoms with Crippen LogP contribution in [0.4, 0.5) is 0 Å². The van der Waals surface area contributed by atoms with Crippen LogP contribution in [0.3, 0.4) is 0 Å². The first-order valence-corrected chi connectivity index (χ1v) is 8.80. The van der Waals surface area contributed by atoms with Gasteiger partial charge >= 0.3 is 5.97 Å². The SMILES string of the molecule is CN(C(=O)COC(=O)c1ccc2c(c1)OCCO2)C1(C#N)CCCCC1. The second kappa shape index (κ2) is 7.65. The van der Waals surface area contributed by atoms with E-state index in [4.69, 9.17) is 14.2 Å². The normalized spacial score (nSPS) is 17.7. The van der Waals surface area contributed by atoms with E-state index in [1.807, 2.05) is 0 Å². The van der Waals surface area contributed by atoms with Crippen LogP contribution in [0.1, 0.15) is 42.5 Å². The number of nitriles is 1. The van der Waals surface area contributed by atoms with Gasteiger partial charge in [-0.3, -0.25) is 4.79 Å². The van der Waals surface area contributed by atoms with Crippen molar-refractivity contribution in [2.75, 3.05) is 26.9 Å². The Hall–Kier alpha value is -2.75. The number of carbonyl (C=O) groups is 2. The Labute approximate surface area is 152 Å². The lowest BCUT2D eigenvalue weighted by molar-refractivity contribution is -0.138. The van der Waals surface area contributed by atoms with Crippen molar-refractivity contribution in [3.63, 3.8) is 0 Å². The van der Waals surface area contributed by atoms with Crippen LogP contribution >= 0.6 is 0 Å². The van der Waals surface area contributed by atoms with E-state index in [1.54, 1.807) is 25.2 Å². The van der Waals surface area contributed by atoms with Gasteiger partial charge in [-0.15, -0.1) is 0 Å². The number of likely N-dealkylation sites (N-methyl/N-ethyl adjacent to an activating group) is 1. The molecular formula is C19H22N2O5. The average Bonchev–Trinajstić information content (AvgIpc) is 2.71. The Morgan fingerprint density at radius 3 is 2.58 bits per heavy atom. The molecule has 0 aromatic heterocycles. The lowest BCUT2D eigenvalue weighted by Crippen LogP contribution is -2.51. The van der Waals surface area contributed by atoms with E-state index < -0.39 is 18.1 Å². The summed E-state index contributed by atoms with van der Waals surface area (Å²) in [6, 6.07) is 7.05. The average molecular weight is 358 g/mol. The van der Waals surface area contributed by atoms with E-state index in [0.29, 0.717) is 37.6 Å². The van der Waals surface area contributed by atoms with Crippen molar-refractivity contribution in [2.45, 2.75) is 37.6 Å². The van der Waals surface area contributed by atoms with Gasteiger partial charge in [-0.1, -0.05) is 19.3 Å². The first kappa shape index (κ1) is 18.1. The number of amides is 1. The lowest BCUT2D eigenvalue weighted by Gasteiger charge is -2.38. The molecule has 3 rings (SSSR count). The summed E-state index contributed by atoms with van der Waals surface area (Å²) >= 11 is 0. The predicted octanol–water partition coefficient (Wildman–Crippen LogP) is 2.30. The van der Waals surface area contributed by atoms with E-state index >= 15 is 0 Å². The van der Waals surface area contributed by atoms with Crippen LogP contribution in [0.15, 0.2) is 18.2 Å². The van der Waals surface area contributed by atoms with Gasteiger partial charge in [0.1, 0.15) is 18.8 Å². The Morgan fingerprint density at radius 1 is 1.19 bits per heavy atom. The summed E-state index contributed by atoms with van der Waals surface area (Å²) in [4.78, 5) is 26.1. The van der Waals surface area contributed by atoms with Crippen LogP contribution in [-0.4, -0.2) is 49.2 Å². The maximum Gasteiger partial charge on any atom is 0.338 e. The smallest absolute Gasteiger partial charge is 0.338 e. The van der Waals surface area contributed by atoms with Gasteiger partial charge in [-0.05, 0) is 31.0 Å². The first-order chi connectivity index (χ1) is 12.6. The molecule has 7 heteroatoms. The molecule has 7 nitrogen and oxygen atoms in total. The number of esters is 1. The predicted molar refractivity (Wildman–Crippen MR) is 91.9 cm³/mol. The number of nitrogens with zero attached hydrogens (tertiary/aromatic N) is 2. The Kier molecular flexibility index (Phi) is 5.31. The van der Waals surface area contributed by atoms with Gasteiger partial charge in [-0.25, -0.2) is 4.79 Å². The fraction of sp³-hybridized carbons (Fsp3) is 0.526. The fourth-order valence-corrected chi connectivity index (χ4v) is 3.38. The molecule has 0 bridgehead atoms. The number of benzene rings is 1. The second-order valence-corrected chi connectivity index (χ2v) is 6.59. The third-order valence-corrected chi connectivity index (χ3v) is 5.01. The maximum atomic E-state index is 12.4. The van der Waals surface area contributed by atoms with Gasteiger partial charge in [0.25, 0.3) is 5.91 Å². The zero-order chi connectivity index (χ0) is 18.6. The van der Waals surface area contributed by atoms with Crippen LogP contribution < -0.4 is 9.47 Å². The summed E-state index contributed by atoms with van der Waals surface area (Å²) in [6.45, 7) is 0.497. The molecule has 0 unspecified atom stereocenters. The van der Waals surface area contributed by atoms with E-state index in [-0.39, 0.29) is 11.5 Å². The minimum atomic E-state index is -0.793. The molecule has 1 fully saturated rings. The Morgan fingerprint density at radius 2 is 1.88 bits per heavy atom. The highest BCUT2D eigenvalue weighted by Crippen LogP contribution is 2.33. The van der Waals surface area contributed by atoms with Crippen molar-refractivity contribution in [3.05, 3.63) is 23.8 Å². The number of carbonyl (C=O) groups excluding carboxylic acids is 2. The van der Waals surface area contributed by atoms with Gasteiger partial charge in [-0.2, -0.15) is 5.26 Å². The molecule has 0 saturated heterocycles. The molecule has 1 aliphatic carbocycles. The highest BCUT2D eigenvalue weighted by atomic mass is 16.6. The molecule has 0 N–H and O–H groups in total. The Balaban J connectivity index is 1.60. The van der Waals surface area contributed by atoms with Gasteiger partial charge in [0.2, 0.25) is 0 Å². The summed E-state index contributed by atoms with van der Waals surface area (Å²) < 4.78 is 16.0. The summed E-state index contributed by atoms with van der Waals surface area (Å²) in [5.41, 5.74) is -0.504. The monoisotopic (exact) mass is 358 g/mol. The lowest BCUT2D eigenvalue weighted by atomic mass is 9.81. The molecule has 2 aliphatic rings. The molecule has 1 aromatic carbocycles. The molecule has 138 valence electrons. The van der Waals surface area contributed by atoms with Crippen LogP contribution in [0.25, 0.3) is 0 Å². The van der Waals surface area contributed by atoms with Crippen LogP contribution in [0.5, 0.6) is 11.5 Å². The highest BCUT2D eigenvalue weighted by molar-refractivity contribution is 5.92. The molecule has 1 saturated carbocycles. The molecule has 1 aromatic rings. The zero-order valence-corrected chi connectivity index (χ0v) is 14.8. The van der Waals surface area contributed by atoms with Crippen molar-refractivity contribution in [1.29, 1.82) is 5.26 Å². The van der Waals surface area contributed by atoms with Crippen molar-refractivity contribution in [2.24, 2.45) is 0 Å². The third kappa shape index (κ3) is 3.59. The summed E-state index contributed by atoms with van der Waals surface area (Å²) in [6.07, 6.45) is 4.22. The molecule has 26 heavy (non-hydrogen) atoms. The molecule has 0 radical (unpaired) electrons. The number of rotatable bonds is 4. The summed E-state index contributed by atoms with van der Waals surface area (Å²) in [7, 11) is 1.61. The Bertz CT molecular complexity index is 734. The minimum absolute atomic E-state index is 0.289. The second-order valence-electron chi connectivity index (χ2n) is 6.59. The van der Waals surface area contributed by atoms with Crippen molar-refractivity contribution >= 4 is 11.9 Å². The summed E-state index contributed by atoms with van der Waals surface area (Å²) in [5.74, 6) is 0.0781. The number of hydrogen-bond acceptors (Lipinski definition) is 6. The van der Waals surface area contributed by atoms with E-state index in [0.717, 1.165) is 19.3 Å². The van der Waals surface area contributed by atoms with Crippen LogP contribution in [0, 0.1) is 11.3 Å². The molecule has 1 amide bonds. The molecule has 0 spiro atoms. The largest absolute Gasteiger partial charge is 0.486 e. The van der Waals surface area contributed by atoms with Gasteiger partial charge < -0.3 is 19.1 Å². The first-order valence-electron chi connectivity index (χ1n) is 8.80. The fourth-order valence-electron chi connectivity index (χ4n) is 3.38. The topological polar surface area (TPSA) is 88.9 Å². The molecule has 0 atom stereocenters. The standard InChI is InChI=1S/C19H22N2O5/c1-21(19(13-20)7-3-2-4-8-19)17(22)12-26-18(23)14-5-6-15-16(11-14)25-10-9-24-15/h5-6,11H,2-4,7-10,12H2,1H3. The zero-order valence-electron chi connectivity index (χ0n) is 14.8. The minimum Gasteiger partial charge on any atom is -0.486 e. The van der Waals surface area contributed by atoms with Gasteiger partial charge in [0.05, 0.1) is 11.6 Å². The number of hydrogen-bond donors (Lipinski definition) is 0. The quantitative estimate of drug-likeness (QED) is 0.767. The molecule has 1 aliphatic heterocycles.